The fourth-order valence-electron chi connectivity index (χ4n) is 2.26. The van der Waals surface area contributed by atoms with Crippen molar-refractivity contribution in [3.05, 3.63) is 28.8 Å². The molecule has 0 bridgehead atoms. The number of halogens is 1. The zero-order chi connectivity index (χ0) is 13.7. The Balaban J connectivity index is 1.95. The molecule has 1 saturated heterocycles. The first kappa shape index (κ1) is 14.2. The number of carbonyl (C=O) groups is 1. The highest BCUT2D eigenvalue weighted by atomic mass is 35.5. The fourth-order valence-corrected chi connectivity index (χ4v) is 2.42. The number of methoxy groups -OCH3 is 1. The third-order valence-electron chi connectivity index (χ3n) is 3.33. The third-order valence-corrected chi connectivity index (χ3v) is 3.56. The van der Waals surface area contributed by atoms with Crippen LogP contribution in [0.5, 0.6) is 5.75 Å². The van der Waals surface area contributed by atoms with Crippen LogP contribution in [0.4, 0.5) is 0 Å². The van der Waals surface area contributed by atoms with E-state index in [2.05, 4.69) is 10.6 Å². The van der Waals surface area contributed by atoms with Crippen molar-refractivity contribution in [1.29, 1.82) is 0 Å². The van der Waals surface area contributed by atoms with E-state index in [0.717, 1.165) is 13.0 Å². The van der Waals surface area contributed by atoms with E-state index in [9.17, 15) is 4.79 Å². The minimum Gasteiger partial charge on any atom is -0.496 e. The van der Waals surface area contributed by atoms with Gasteiger partial charge in [-0.05, 0) is 37.6 Å². The Bertz CT molecular complexity index is 445. The number of nitrogens with one attached hydrogen (secondary N) is 2. The maximum absolute atomic E-state index is 12.1. The molecule has 19 heavy (non-hydrogen) atoms. The molecule has 1 aromatic carbocycles. The molecule has 0 radical (unpaired) electrons. The van der Waals surface area contributed by atoms with Crippen LogP contribution in [-0.4, -0.2) is 32.1 Å². The van der Waals surface area contributed by atoms with Gasteiger partial charge in [-0.1, -0.05) is 18.0 Å². The molecule has 1 aromatic rings. The first-order valence-corrected chi connectivity index (χ1v) is 6.93. The highest BCUT2D eigenvalue weighted by Crippen LogP contribution is 2.22. The van der Waals surface area contributed by atoms with Crippen LogP contribution < -0.4 is 15.4 Å². The van der Waals surface area contributed by atoms with Gasteiger partial charge in [0.05, 0.1) is 12.7 Å². The molecule has 2 N–H and O–H groups in total. The standard InChI is InChI=1S/C14H19ClN2O2/c1-19-13-8-10(15)5-6-12(13)14(18)17-9-11-4-2-3-7-16-11/h5-6,8,11,16H,2-4,7,9H2,1H3,(H,17,18). The first-order chi connectivity index (χ1) is 9.20. The van der Waals surface area contributed by atoms with Crippen molar-refractivity contribution in [1.82, 2.24) is 10.6 Å². The Morgan fingerprint density at radius 3 is 3.05 bits per heavy atom. The Hall–Kier alpha value is -1.26. The van der Waals surface area contributed by atoms with E-state index in [0.29, 0.717) is 28.9 Å². The quantitative estimate of drug-likeness (QED) is 0.890. The lowest BCUT2D eigenvalue weighted by Crippen LogP contribution is -2.43. The zero-order valence-corrected chi connectivity index (χ0v) is 11.8. The second kappa shape index (κ2) is 6.78. The predicted octanol–water partition coefficient (Wildman–Crippen LogP) is 2.22. The molecular formula is C14H19ClN2O2. The van der Waals surface area contributed by atoms with Gasteiger partial charge in [-0.2, -0.15) is 0 Å². The lowest BCUT2D eigenvalue weighted by atomic mass is 10.0. The van der Waals surface area contributed by atoms with Crippen molar-refractivity contribution in [3.63, 3.8) is 0 Å². The zero-order valence-electron chi connectivity index (χ0n) is 11.0. The topological polar surface area (TPSA) is 50.4 Å². The van der Waals surface area contributed by atoms with Gasteiger partial charge < -0.3 is 15.4 Å². The van der Waals surface area contributed by atoms with Crippen LogP contribution in [-0.2, 0) is 0 Å². The van der Waals surface area contributed by atoms with E-state index in [4.69, 9.17) is 16.3 Å². The number of hydrogen-bond acceptors (Lipinski definition) is 3. The summed E-state index contributed by atoms with van der Waals surface area (Å²) in [6.45, 7) is 1.68. The van der Waals surface area contributed by atoms with Gasteiger partial charge in [-0.15, -0.1) is 0 Å². The van der Waals surface area contributed by atoms with E-state index >= 15 is 0 Å². The number of ether oxygens (including phenoxy) is 1. The maximum Gasteiger partial charge on any atom is 0.255 e. The van der Waals surface area contributed by atoms with E-state index < -0.39 is 0 Å². The molecule has 1 atom stereocenters. The van der Waals surface area contributed by atoms with Crippen LogP contribution in [0.2, 0.25) is 5.02 Å². The maximum atomic E-state index is 12.1. The molecular weight excluding hydrogens is 264 g/mol. The van der Waals surface area contributed by atoms with E-state index in [-0.39, 0.29) is 5.91 Å². The van der Waals surface area contributed by atoms with Crippen LogP contribution in [0, 0.1) is 0 Å². The molecule has 1 fully saturated rings. The largest absolute Gasteiger partial charge is 0.496 e. The lowest BCUT2D eigenvalue weighted by Gasteiger charge is -2.23. The molecule has 1 unspecified atom stereocenters. The van der Waals surface area contributed by atoms with Crippen molar-refractivity contribution in [2.45, 2.75) is 25.3 Å². The van der Waals surface area contributed by atoms with Gasteiger partial charge in [0.1, 0.15) is 5.75 Å². The van der Waals surface area contributed by atoms with Crippen molar-refractivity contribution < 1.29 is 9.53 Å². The second-order valence-corrected chi connectivity index (χ2v) is 5.14. The van der Waals surface area contributed by atoms with Crippen molar-refractivity contribution >= 4 is 17.5 Å². The summed E-state index contributed by atoms with van der Waals surface area (Å²) in [7, 11) is 1.53. The molecule has 0 spiro atoms. The van der Waals surface area contributed by atoms with Gasteiger partial charge in [0.25, 0.3) is 5.91 Å². The Morgan fingerprint density at radius 1 is 1.53 bits per heavy atom. The summed E-state index contributed by atoms with van der Waals surface area (Å²) >= 11 is 5.88. The number of piperidine rings is 1. The first-order valence-electron chi connectivity index (χ1n) is 6.56. The molecule has 0 saturated carbocycles. The third kappa shape index (κ3) is 3.85. The fraction of sp³-hybridized carbons (Fsp3) is 0.500. The van der Waals surface area contributed by atoms with Crippen molar-refractivity contribution in [3.8, 4) is 5.75 Å². The molecule has 1 heterocycles. The van der Waals surface area contributed by atoms with E-state index in [1.807, 2.05) is 0 Å². The van der Waals surface area contributed by atoms with Gasteiger partial charge in [0, 0.05) is 17.6 Å². The number of rotatable bonds is 4. The molecule has 4 nitrogen and oxygen atoms in total. The Labute approximate surface area is 118 Å². The number of carbonyl (C=O) groups excluding carboxylic acids is 1. The second-order valence-electron chi connectivity index (χ2n) is 4.70. The van der Waals surface area contributed by atoms with Gasteiger partial charge in [-0.3, -0.25) is 4.79 Å². The summed E-state index contributed by atoms with van der Waals surface area (Å²) in [6.07, 6.45) is 3.55. The van der Waals surface area contributed by atoms with Gasteiger partial charge in [-0.25, -0.2) is 0 Å². The minimum absolute atomic E-state index is 0.124. The van der Waals surface area contributed by atoms with Crippen LogP contribution in [0.25, 0.3) is 0 Å². The van der Waals surface area contributed by atoms with Gasteiger partial charge in [0.2, 0.25) is 0 Å². The molecule has 0 aliphatic carbocycles. The monoisotopic (exact) mass is 282 g/mol. The van der Waals surface area contributed by atoms with Gasteiger partial charge >= 0.3 is 0 Å². The average Bonchev–Trinajstić information content (AvgIpc) is 2.45. The summed E-state index contributed by atoms with van der Waals surface area (Å²) in [5, 5.41) is 6.89. The summed E-state index contributed by atoms with van der Waals surface area (Å²) in [6, 6.07) is 5.40. The van der Waals surface area contributed by atoms with Crippen LogP contribution in [0.15, 0.2) is 18.2 Å². The predicted molar refractivity (Wildman–Crippen MR) is 76.0 cm³/mol. The van der Waals surface area contributed by atoms with E-state index in [1.54, 1.807) is 18.2 Å². The minimum atomic E-state index is -0.124. The molecule has 5 heteroatoms. The summed E-state index contributed by atoms with van der Waals surface area (Å²) in [5.74, 6) is 0.377. The summed E-state index contributed by atoms with van der Waals surface area (Å²) < 4.78 is 5.18. The van der Waals surface area contributed by atoms with Crippen LogP contribution in [0.1, 0.15) is 29.6 Å². The normalized spacial score (nSPS) is 18.9. The van der Waals surface area contributed by atoms with Crippen LogP contribution in [0.3, 0.4) is 0 Å². The molecule has 2 rings (SSSR count). The van der Waals surface area contributed by atoms with Crippen LogP contribution >= 0.6 is 11.6 Å². The molecule has 1 amide bonds. The highest BCUT2D eigenvalue weighted by molar-refractivity contribution is 6.30. The smallest absolute Gasteiger partial charge is 0.255 e. The molecule has 1 aliphatic rings. The number of amides is 1. The molecule has 0 aromatic heterocycles. The lowest BCUT2D eigenvalue weighted by molar-refractivity contribution is 0.0944. The number of benzene rings is 1. The SMILES string of the molecule is COc1cc(Cl)ccc1C(=O)NCC1CCCCN1. The van der Waals surface area contributed by atoms with E-state index in [1.165, 1.54) is 20.0 Å². The molecule has 104 valence electrons. The Morgan fingerprint density at radius 2 is 2.37 bits per heavy atom. The average molecular weight is 283 g/mol. The van der Waals surface area contributed by atoms with Crippen molar-refractivity contribution in [2.75, 3.05) is 20.2 Å². The molecule has 1 aliphatic heterocycles. The highest BCUT2D eigenvalue weighted by Gasteiger charge is 2.16. The Kier molecular flexibility index (Phi) is 5.05. The van der Waals surface area contributed by atoms with Gasteiger partial charge in [0.15, 0.2) is 0 Å². The summed E-state index contributed by atoms with van der Waals surface area (Å²) in [4.78, 5) is 12.1. The summed E-state index contributed by atoms with van der Waals surface area (Å²) in [5.41, 5.74) is 0.516. The number of hydrogen-bond donors (Lipinski definition) is 2. The van der Waals surface area contributed by atoms with Crippen molar-refractivity contribution in [2.24, 2.45) is 0 Å².